The molecule has 6 heteroatoms. The third-order valence-corrected chi connectivity index (χ3v) is 10.5. The molecule has 1 unspecified atom stereocenters. The fraction of sp³-hybridized carbons (Fsp3) is 0.484. The van der Waals surface area contributed by atoms with Crippen molar-refractivity contribution in [2.24, 2.45) is 0 Å². The lowest BCUT2D eigenvalue weighted by Gasteiger charge is -2.18. The van der Waals surface area contributed by atoms with Crippen molar-refractivity contribution in [3.05, 3.63) is 182 Å². The SMILES string of the molecule is CC\C=C/C=C\C=C/C=C\C=C\C=C/C=C\CCCCCC(=O)OCC(COC(=O)CCCCC/C=C\C=C/CCCCCCCCC)OC(=O)CCCCC\C=C/C=C/C=C\C=C/C=C\C=C/CC. The molecule has 0 amide bonds. The fourth-order valence-corrected chi connectivity index (χ4v) is 6.50. The standard InChI is InChI=1S/C64H94O6/c1-4-7-10-13-16-19-22-25-28-31-32-34-36-39-42-45-48-51-54-57-63(66)69-60-61(59-68-62(65)56-53-50-47-44-41-38-35-30-27-24-21-18-15-12-9-6-3)70-64(67)58-55-52-49-46-43-40-37-33-29-26-23-20-17-14-11-8-5-2/h7-8,10-11,13-14,16-17,19-20,22-23,25-26,28-43,61H,4-6,9,12,15,18,21,24,27,44-60H2,1-3H3/b10-7-,11-8-,16-13-,17-14-,22-19-,23-20-,28-25-,29-26-,32-31+,35-30-,36-34-,37-33+,41-38-,42-39-,43-40-. The Bertz CT molecular complexity index is 1720. The van der Waals surface area contributed by atoms with Crippen molar-refractivity contribution in [2.45, 2.75) is 187 Å². The Labute approximate surface area is 427 Å². The van der Waals surface area contributed by atoms with Crippen LogP contribution in [0.15, 0.2) is 182 Å². The predicted octanol–water partition coefficient (Wildman–Crippen LogP) is 18.1. The van der Waals surface area contributed by atoms with Gasteiger partial charge in [-0.15, -0.1) is 0 Å². The second kappa shape index (κ2) is 56.1. The molecule has 0 aliphatic heterocycles. The summed E-state index contributed by atoms with van der Waals surface area (Å²) in [6.07, 6.45) is 84.4. The smallest absolute Gasteiger partial charge is 0.306 e. The molecule has 0 bridgehead atoms. The van der Waals surface area contributed by atoms with E-state index in [0.717, 1.165) is 83.5 Å². The Morgan fingerprint density at radius 2 is 0.557 bits per heavy atom. The molecule has 0 N–H and O–H groups in total. The molecule has 1 atom stereocenters. The van der Waals surface area contributed by atoms with Crippen LogP contribution in [-0.2, 0) is 28.6 Å². The van der Waals surface area contributed by atoms with Crippen molar-refractivity contribution in [1.29, 1.82) is 0 Å². The number of hydrogen-bond donors (Lipinski definition) is 0. The maximum atomic E-state index is 12.8. The van der Waals surface area contributed by atoms with Crippen LogP contribution < -0.4 is 0 Å². The minimum atomic E-state index is -0.843. The number of unbranched alkanes of at least 4 members (excludes halogenated alkanes) is 16. The molecule has 0 spiro atoms. The van der Waals surface area contributed by atoms with E-state index in [-0.39, 0.29) is 44.0 Å². The summed E-state index contributed by atoms with van der Waals surface area (Å²) in [5, 5.41) is 0. The molecule has 0 rings (SSSR count). The normalized spacial score (nSPS) is 13.6. The molecule has 0 saturated carbocycles. The van der Waals surface area contributed by atoms with Crippen LogP contribution in [-0.4, -0.2) is 37.2 Å². The molecule has 0 fully saturated rings. The van der Waals surface area contributed by atoms with Crippen LogP contribution in [0.25, 0.3) is 0 Å². The van der Waals surface area contributed by atoms with E-state index in [1.54, 1.807) is 0 Å². The predicted molar refractivity (Wildman–Crippen MR) is 301 cm³/mol. The van der Waals surface area contributed by atoms with Crippen molar-refractivity contribution in [1.82, 2.24) is 0 Å². The highest BCUT2D eigenvalue weighted by Crippen LogP contribution is 2.12. The van der Waals surface area contributed by atoms with Gasteiger partial charge in [-0.05, 0) is 83.5 Å². The van der Waals surface area contributed by atoms with Crippen LogP contribution in [0.3, 0.4) is 0 Å². The van der Waals surface area contributed by atoms with Gasteiger partial charge in [0.1, 0.15) is 13.2 Å². The second-order valence-electron chi connectivity index (χ2n) is 17.0. The Kier molecular flexibility index (Phi) is 51.7. The molecule has 0 radical (unpaired) electrons. The molecule has 0 saturated heterocycles. The fourth-order valence-electron chi connectivity index (χ4n) is 6.50. The first kappa shape index (κ1) is 64.5. The van der Waals surface area contributed by atoms with Crippen LogP contribution >= 0.6 is 0 Å². The van der Waals surface area contributed by atoms with Crippen LogP contribution in [0, 0.1) is 0 Å². The summed E-state index contributed by atoms with van der Waals surface area (Å²) < 4.78 is 16.7. The largest absolute Gasteiger partial charge is 0.462 e. The van der Waals surface area contributed by atoms with Crippen LogP contribution in [0.2, 0.25) is 0 Å². The zero-order chi connectivity index (χ0) is 50.7. The lowest BCUT2D eigenvalue weighted by molar-refractivity contribution is -0.167. The van der Waals surface area contributed by atoms with E-state index in [9.17, 15) is 14.4 Å². The molecule has 0 aliphatic carbocycles. The number of carbonyl (C=O) groups is 3. The molecule has 0 aromatic carbocycles. The summed E-state index contributed by atoms with van der Waals surface area (Å²) in [6, 6.07) is 0. The molecule has 0 heterocycles. The van der Waals surface area contributed by atoms with E-state index in [2.05, 4.69) is 69.4 Å². The molecular formula is C64H94O6. The zero-order valence-corrected chi connectivity index (χ0v) is 43.9. The average molecular weight is 959 g/mol. The second-order valence-corrected chi connectivity index (χ2v) is 17.0. The Hall–Kier alpha value is -5.49. The van der Waals surface area contributed by atoms with Crippen molar-refractivity contribution in [2.75, 3.05) is 13.2 Å². The van der Waals surface area contributed by atoms with E-state index < -0.39 is 6.10 Å². The summed E-state index contributed by atoms with van der Waals surface area (Å²) in [5.74, 6) is -1.07. The third kappa shape index (κ3) is 53.5. The van der Waals surface area contributed by atoms with E-state index in [1.165, 1.54) is 44.9 Å². The summed E-state index contributed by atoms with van der Waals surface area (Å²) in [5.41, 5.74) is 0. The number of hydrogen-bond acceptors (Lipinski definition) is 6. The molecule has 386 valence electrons. The maximum absolute atomic E-state index is 12.8. The lowest BCUT2D eigenvalue weighted by atomic mass is 10.1. The highest BCUT2D eigenvalue weighted by Gasteiger charge is 2.19. The quantitative estimate of drug-likeness (QED) is 0.0262. The zero-order valence-electron chi connectivity index (χ0n) is 43.9. The first-order valence-corrected chi connectivity index (χ1v) is 27.0. The molecule has 70 heavy (non-hydrogen) atoms. The van der Waals surface area contributed by atoms with E-state index in [4.69, 9.17) is 14.2 Å². The van der Waals surface area contributed by atoms with Crippen LogP contribution in [0.4, 0.5) is 0 Å². The van der Waals surface area contributed by atoms with Crippen molar-refractivity contribution >= 4 is 17.9 Å². The van der Waals surface area contributed by atoms with Gasteiger partial charge in [-0.2, -0.15) is 0 Å². The molecule has 0 aromatic rings. The summed E-state index contributed by atoms with van der Waals surface area (Å²) in [7, 11) is 0. The van der Waals surface area contributed by atoms with E-state index in [1.807, 2.05) is 134 Å². The minimum Gasteiger partial charge on any atom is -0.462 e. The third-order valence-electron chi connectivity index (χ3n) is 10.5. The molecule has 0 aliphatic rings. The van der Waals surface area contributed by atoms with Gasteiger partial charge < -0.3 is 14.2 Å². The number of esters is 3. The average Bonchev–Trinajstić information content (AvgIpc) is 3.36. The van der Waals surface area contributed by atoms with E-state index in [0.29, 0.717) is 19.3 Å². The van der Waals surface area contributed by atoms with Gasteiger partial charge in [-0.1, -0.05) is 261 Å². The highest BCUT2D eigenvalue weighted by molar-refractivity contribution is 5.71. The minimum absolute atomic E-state index is 0.136. The lowest BCUT2D eigenvalue weighted by Crippen LogP contribution is -2.30. The highest BCUT2D eigenvalue weighted by atomic mass is 16.6. The van der Waals surface area contributed by atoms with Gasteiger partial charge in [0.2, 0.25) is 0 Å². The maximum Gasteiger partial charge on any atom is 0.306 e. The van der Waals surface area contributed by atoms with Crippen molar-refractivity contribution < 1.29 is 28.6 Å². The van der Waals surface area contributed by atoms with Gasteiger partial charge in [-0.25, -0.2) is 0 Å². The Morgan fingerprint density at radius 3 is 0.886 bits per heavy atom. The topological polar surface area (TPSA) is 78.9 Å². The number of ether oxygens (including phenoxy) is 3. The van der Waals surface area contributed by atoms with Gasteiger partial charge in [0.15, 0.2) is 6.10 Å². The van der Waals surface area contributed by atoms with Crippen molar-refractivity contribution in [3.63, 3.8) is 0 Å². The van der Waals surface area contributed by atoms with Gasteiger partial charge in [-0.3, -0.25) is 14.4 Å². The summed E-state index contributed by atoms with van der Waals surface area (Å²) in [6.45, 7) is 6.21. The summed E-state index contributed by atoms with van der Waals surface area (Å²) >= 11 is 0. The first-order valence-electron chi connectivity index (χ1n) is 27.0. The van der Waals surface area contributed by atoms with E-state index >= 15 is 0 Å². The van der Waals surface area contributed by atoms with Gasteiger partial charge >= 0.3 is 17.9 Å². The van der Waals surface area contributed by atoms with Crippen molar-refractivity contribution in [3.8, 4) is 0 Å². The van der Waals surface area contributed by atoms with Gasteiger partial charge in [0, 0.05) is 19.3 Å². The van der Waals surface area contributed by atoms with Crippen LogP contribution in [0.1, 0.15) is 181 Å². The van der Waals surface area contributed by atoms with Crippen LogP contribution in [0.5, 0.6) is 0 Å². The molecule has 0 aromatic heterocycles. The Balaban J connectivity index is 4.68. The molecule has 6 nitrogen and oxygen atoms in total. The molecular weight excluding hydrogens is 865 g/mol. The first-order chi connectivity index (χ1) is 34.5. The van der Waals surface area contributed by atoms with Gasteiger partial charge in [0.05, 0.1) is 0 Å². The van der Waals surface area contributed by atoms with Gasteiger partial charge in [0.25, 0.3) is 0 Å². The number of allylic oxidation sites excluding steroid dienone is 30. The number of rotatable bonds is 45. The summed E-state index contributed by atoms with van der Waals surface area (Å²) in [4.78, 5) is 38.1. The monoisotopic (exact) mass is 959 g/mol. The Morgan fingerprint density at radius 1 is 0.300 bits per heavy atom. The number of carbonyl (C=O) groups excluding carboxylic acids is 3.